The summed E-state index contributed by atoms with van der Waals surface area (Å²) < 4.78 is 68.9. The minimum Gasteiger partial charge on any atom is -0.324 e. The van der Waals surface area contributed by atoms with E-state index in [0.717, 1.165) is 24.1 Å². The van der Waals surface area contributed by atoms with E-state index in [4.69, 9.17) is 5.73 Å². The smallest absolute Gasteiger partial charge is 0.194 e. The molecule has 0 aliphatic heterocycles. The first-order chi connectivity index (χ1) is 12.8. The number of hydrogen-bond donors (Lipinski definition) is 1. The summed E-state index contributed by atoms with van der Waals surface area (Å²) in [4.78, 5) is 0. The minimum absolute atomic E-state index is 0.127. The molecule has 0 saturated heterocycles. The molecule has 0 fully saturated rings. The van der Waals surface area contributed by atoms with Crippen LogP contribution >= 0.6 is 0 Å². The SMILES string of the molecule is CCC(N)c1ccc(-c2cc(F)c(-c3cc(F)c(F)c(F)c3)c(F)c2)cc1. The molecule has 3 rings (SSSR count). The maximum Gasteiger partial charge on any atom is 0.194 e. The first-order valence-corrected chi connectivity index (χ1v) is 8.31. The van der Waals surface area contributed by atoms with Crippen LogP contribution in [-0.2, 0) is 0 Å². The second kappa shape index (κ2) is 7.48. The van der Waals surface area contributed by atoms with Gasteiger partial charge in [-0.15, -0.1) is 0 Å². The van der Waals surface area contributed by atoms with E-state index in [2.05, 4.69) is 0 Å². The van der Waals surface area contributed by atoms with Gasteiger partial charge in [0.25, 0.3) is 0 Å². The third kappa shape index (κ3) is 3.71. The van der Waals surface area contributed by atoms with Crippen molar-refractivity contribution in [1.82, 2.24) is 0 Å². The summed E-state index contributed by atoms with van der Waals surface area (Å²) in [6.45, 7) is 1.95. The summed E-state index contributed by atoms with van der Waals surface area (Å²) in [7, 11) is 0. The van der Waals surface area contributed by atoms with Crippen LogP contribution in [0.25, 0.3) is 22.3 Å². The summed E-state index contributed by atoms with van der Waals surface area (Å²) in [5.41, 5.74) is 6.61. The molecule has 3 aromatic carbocycles. The van der Waals surface area contributed by atoms with Gasteiger partial charge in [0.05, 0.1) is 5.56 Å². The molecular formula is C21H16F5N. The fraction of sp³-hybridized carbons (Fsp3) is 0.143. The van der Waals surface area contributed by atoms with Gasteiger partial charge in [-0.25, -0.2) is 22.0 Å². The molecule has 2 N–H and O–H groups in total. The molecule has 0 aromatic heterocycles. The molecule has 1 unspecified atom stereocenters. The van der Waals surface area contributed by atoms with Crippen LogP contribution in [-0.4, -0.2) is 0 Å². The number of hydrogen-bond acceptors (Lipinski definition) is 1. The highest BCUT2D eigenvalue weighted by Crippen LogP contribution is 2.33. The van der Waals surface area contributed by atoms with Crippen molar-refractivity contribution in [1.29, 1.82) is 0 Å². The molecule has 0 saturated carbocycles. The Morgan fingerprint density at radius 3 is 1.67 bits per heavy atom. The normalized spacial score (nSPS) is 12.3. The second-order valence-corrected chi connectivity index (χ2v) is 6.21. The molecule has 1 nitrogen and oxygen atoms in total. The largest absolute Gasteiger partial charge is 0.324 e. The van der Waals surface area contributed by atoms with Gasteiger partial charge in [0.2, 0.25) is 0 Å². The van der Waals surface area contributed by atoms with E-state index in [-0.39, 0.29) is 11.6 Å². The Kier molecular flexibility index (Phi) is 5.28. The Morgan fingerprint density at radius 2 is 1.19 bits per heavy atom. The molecule has 140 valence electrons. The molecule has 0 heterocycles. The maximum atomic E-state index is 14.5. The molecule has 27 heavy (non-hydrogen) atoms. The van der Waals surface area contributed by atoms with Gasteiger partial charge in [0.1, 0.15) is 11.6 Å². The Morgan fingerprint density at radius 1 is 0.704 bits per heavy atom. The lowest BCUT2D eigenvalue weighted by atomic mass is 9.97. The first-order valence-electron chi connectivity index (χ1n) is 8.31. The van der Waals surface area contributed by atoms with Crippen molar-refractivity contribution in [3.63, 3.8) is 0 Å². The summed E-state index contributed by atoms with van der Waals surface area (Å²) in [5.74, 6) is -6.75. The van der Waals surface area contributed by atoms with Gasteiger partial charge in [-0.05, 0) is 52.9 Å². The van der Waals surface area contributed by atoms with Crippen molar-refractivity contribution >= 4 is 0 Å². The lowest BCUT2D eigenvalue weighted by Gasteiger charge is -2.12. The van der Waals surface area contributed by atoms with Gasteiger partial charge in [-0.2, -0.15) is 0 Å². The standard InChI is InChI=1S/C21H16F5N/c1-2-19(27)12-5-3-11(4-6-12)13-7-15(22)20(16(23)8-13)14-9-17(24)21(26)18(25)10-14/h3-10,19H,2,27H2,1H3. The zero-order valence-corrected chi connectivity index (χ0v) is 14.4. The molecule has 0 amide bonds. The fourth-order valence-electron chi connectivity index (χ4n) is 2.87. The highest BCUT2D eigenvalue weighted by atomic mass is 19.2. The summed E-state index contributed by atoms with van der Waals surface area (Å²) in [6, 6.07) is 10.0. The van der Waals surface area contributed by atoms with Crippen molar-refractivity contribution < 1.29 is 22.0 Å². The minimum atomic E-state index is -1.69. The van der Waals surface area contributed by atoms with Crippen LogP contribution < -0.4 is 5.73 Å². The predicted octanol–water partition coefficient (Wildman–Crippen LogP) is 6.13. The van der Waals surface area contributed by atoms with E-state index < -0.39 is 40.2 Å². The zero-order chi connectivity index (χ0) is 19.7. The van der Waals surface area contributed by atoms with Crippen LogP contribution in [0.3, 0.4) is 0 Å². The highest BCUT2D eigenvalue weighted by molar-refractivity contribution is 5.72. The number of halogens is 5. The van der Waals surface area contributed by atoms with Crippen LogP contribution in [0.4, 0.5) is 22.0 Å². The van der Waals surface area contributed by atoms with Crippen molar-refractivity contribution in [3.05, 3.63) is 83.2 Å². The lowest BCUT2D eigenvalue weighted by molar-refractivity contribution is 0.447. The van der Waals surface area contributed by atoms with E-state index >= 15 is 0 Å². The molecule has 1 atom stereocenters. The summed E-state index contributed by atoms with van der Waals surface area (Å²) in [6.07, 6.45) is 0.752. The average Bonchev–Trinajstić information content (AvgIpc) is 2.65. The van der Waals surface area contributed by atoms with Gasteiger partial charge in [0.15, 0.2) is 17.5 Å². The van der Waals surface area contributed by atoms with E-state index in [9.17, 15) is 22.0 Å². The molecule has 0 aliphatic rings. The maximum absolute atomic E-state index is 14.5. The van der Waals surface area contributed by atoms with Gasteiger partial charge >= 0.3 is 0 Å². The number of benzene rings is 3. The third-order valence-electron chi connectivity index (χ3n) is 4.43. The van der Waals surface area contributed by atoms with E-state index in [1.165, 1.54) is 0 Å². The number of rotatable bonds is 4. The van der Waals surface area contributed by atoms with Gasteiger partial charge in [-0.1, -0.05) is 31.2 Å². The third-order valence-corrected chi connectivity index (χ3v) is 4.43. The topological polar surface area (TPSA) is 26.0 Å². The van der Waals surface area contributed by atoms with Crippen LogP contribution in [0, 0.1) is 29.1 Å². The molecule has 0 spiro atoms. The van der Waals surface area contributed by atoms with Crippen LogP contribution in [0.15, 0.2) is 48.5 Å². The molecule has 3 aromatic rings. The van der Waals surface area contributed by atoms with E-state index in [1.807, 2.05) is 6.92 Å². The molecule has 0 bridgehead atoms. The van der Waals surface area contributed by atoms with Crippen molar-refractivity contribution in [3.8, 4) is 22.3 Å². The van der Waals surface area contributed by atoms with Crippen LogP contribution in [0.1, 0.15) is 24.9 Å². The zero-order valence-electron chi connectivity index (χ0n) is 14.4. The van der Waals surface area contributed by atoms with Crippen LogP contribution in [0.2, 0.25) is 0 Å². The van der Waals surface area contributed by atoms with Crippen molar-refractivity contribution in [2.75, 3.05) is 0 Å². The van der Waals surface area contributed by atoms with Gasteiger partial charge < -0.3 is 5.73 Å². The van der Waals surface area contributed by atoms with E-state index in [1.54, 1.807) is 24.3 Å². The van der Waals surface area contributed by atoms with Gasteiger partial charge in [-0.3, -0.25) is 0 Å². The second-order valence-electron chi connectivity index (χ2n) is 6.21. The highest BCUT2D eigenvalue weighted by Gasteiger charge is 2.18. The monoisotopic (exact) mass is 377 g/mol. The first kappa shape index (κ1) is 19.0. The Bertz CT molecular complexity index is 936. The lowest BCUT2D eigenvalue weighted by Crippen LogP contribution is -2.08. The molecule has 0 radical (unpaired) electrons. The molecule has 0 aliphatic carbocycles. The molecule has 6 heteroatoms. The van der Waals surface area contributed by atoms with Crippen molar-refractivity contribution in [2.45, 2.75) is 19.4 Å². The molecular weight excluding hydrogens is 361 g/mol. The Balaban J connectivity index is 2.03. The fourth-order valence-corrected chi connectivity index (χ4v) is 2.87. The van der Waals surface area contributed by atoms with Crippen molar-refractivity contribution in [2.24, 2.45) is 5.73 Å². The Hall–Kier alpha value is -2.73. The summed E-state index contributed by atoms with van der Waals surface area (Å²) >= 11 is 0. The van der Waals surface area contributed by atoms with E-state index in [0.29, 0.717) is 17.7 Å². The van der Waals surface area contributed by atoms with Crippen LogP contribution in [0.5, 0.6) is 0 Å². The average molecular weight is 377 g/mol. The summed E-state index contributed by atoms with van der Waals surface area (Å²) in [5, 5.41) is 0. The quantitative estimate of drug-likeness (QED) is 0.430. The Labute approximate surface area is 153 Å². The predicted molar refractivity (Wildman–Crippen MR) is 94.3 cm³/mol. The number of nitrogens with two attached hydrogens (primary N) is 1. The van der Waals surface area contributed by atoms with Gasteiger partial charge in [0, 0.05) is 6.04 Å².